The van der Waals surface area contributed by atoms with Crippen LogP contribution in [0.3, 0.4) is 0 Å². The van der Waals surface area contributed by atoms with Gasteiger partial charge in [0.2, 0.25) is 5.91 Å². The lowest BCUT2D eigenvalue weighted by Gasteiger charge is -2.06. The molecule has 0 unspecified atom stereocenters. The van der Waals surface area contributed by atoms with Crippen LogP contribution in [0.4, 0.5) is 11.5 Å². The van der Waals surface area contributed by atoms with Crippen LogP contribution in [0.5, 0.6) is 0 Å². The lowest BCUT2D eigenvalue weighted by atomic mass is 10.0. The van der Waals surface area contributed by atoms with Crippen molar-refractivity contribution >= 4 is 44.9 Å². The van der Waals surface area contributed by atoms with Gasteiger partial charge in [-0.25, -0.2) is 4.98 Å². The largest absolute Gasteiger partial charge is 0.384 e. The van der Waals surface area contributed by atoms with E-state index in [0.717, 1.165) is 39.7 Å². The number of anilines is 2. The normalized spacial score (nSPS) is 13.2. The maximum atomic E-state index is 11.5. The van der Waals surface area contributed by atoms with Crippen molar-refractivity contribution in [2.45, 2.75) is 6.42 Å². The highest BCUT2D eigenvalue weighted by molar-refractivity contribution is 7.18. The summed E-state index contributed by atoms with van der Waals surface area (Å²) in [7, 11) is 1.61. The Kier molecular flexibility index (Phi) is 3.89. The van der Waals surface area contributed by atoms with Crippen molar-refractivity contribution < 1.29 is 4.79 Å². The molecule has 6 heteroatoms. The summed E-state index contributed by atoms with van der Waals surface area (Å²) in [4.78, 5) is 15.8. The van der Waals surface area contributed by atoms with Crippen molar-refractivity contribution in [3.63, 3.8) is 0 Å². The molecule has 5 nitrogen and oxygen atoms in total. The molecule has 0 spiro atoms. The van der Waals surface area contributed by atoms with Crippen molar-refractivity contribution in [2.24, 2.45) is 0 Å². The van der Waals surface area contributed by atoms with Crippen LogP contribution in [0.25, 0.3) is 27.3 Å². The second kappa shape index (κ2) is 6.22. The molecule has 3 aromatic rings. The molecule has 0 saturated heterocycles. The number of fused-ring (bicyclic) bond motifs is 2. The maximum Gasteiger partial charge on any atom is 0.243 e. The monoisotopic (exact) mass is 350 g/mol. The number of benzene rings is 1. The van der Waals surface area contributed by atoms with Crippen LogP contribution >= 0.6 is 11.3 Å². The van der Waals surface area contributed by atoms with Crippen LogP contribution in [0.15, 0.2) is 35.9 Å². The molecule has 3 heterocycles. The predicted molar refractivity (Wildman–Crippen MR) is 105 cm³/mol. The van der Waals surface area contributed by atoms with Crippen molar-refractivity contribution in [2.75, 3.05) is 24.6 Å². The first-order chi connectivity index (χ1) is 12.2. The molecule has 1 aromatic carbocycles. The van der Waals surface area contributed by atoms with Gasteiger partial charge in [-0.3, -0.25) is 4.79 Å². The summed E-state index contributed by atoms with van der Waals surface area (Å²) in [5.74, 6) is 0.370. The highest BCUT2D eigenvalue weighted by Crippen LogP contribution is 2.40. The Hall–Kier alpha value is -2.86. The molecular weight excluding hydrogens is 332 g/mol. The number of carbonyl (C=O) groups is 1. The third-order valence-electron chi connectivity index (χ3n) is 4.44. The van der Waals surface area contributed by atoms with Crippen molar-refractivity contribution in [3.8, 4) is 11.1 Å². The number of thiophene rings is 1. The summed E-state index contributed by atoms with van der Waals surface area (Å²) in [6.45, 7) is 0.987. The Morgan fingerprint density at radius 1 is 1.44 bits per heavy atom. The summed E-state index contributed by atoms with van der Waals surface area (Å²) in [5, 5.41) is 9.03. The predicted octanol–water partition coefficient (Wildman–Crippen LogP) is 3.27. The summed E-state index contributed by atoms with van der Waals surface area (Å²) in [6, 6.07) is 6.47. The average Bonchev–Trinajstić information content (AvgIpc) is 3.27. The second-order valence-electron chi connectivity index (χ2n) is 5.95. The number of nitrogen functional groups attached to an aromatic ring is 1. The number of carbonyl (C=O) groups excluding carboxylic acids is 1. The summed E-state index contributed by atoms with van der Waals surface area (Å²) < 4.78 is 1.04. The average molecular weight is 350 g/mol. The highest BCUT2D eigenvalue weighted by atomic mass is 32.1. The van der Waals surface area contributed by atoms with Gasteiger partial charge < -0.3 is 16.4 Å². The fourth-order valence-corrected chi connectivity index (χ4v) is 4.22. The van der Waals surface area contributed by atoms with E-state index in [1.54, 1.807) is 30.7 Å². The van der Waals surface area contributed by atoms with Crippen LogP contribution in [0.2, 0.25) is 0 Å². The smallest absolute Gasteiger partial charge is 0.243 e. The van der Waals surface area contributed by atoms with Gasteiger partial charge >= 0.3 is 0 Å². The van der Waals surface area contributed by atoms with E-state index in [1.165, 1.54) is 17.3 Å². The Morgan fingerprint density at radius 2 is 2.32 bits per heavy atom. The molecule has 126 valence electrons. The Bertz CT molecular complexity index is 1010. The number of hydrogen-bond acceptors (Lipinski definition) is 5. The van der Waals surface area contributed by atoms with Crippen LogP contribution < -0.4 is 16.4 Å². The van der Waals surface area contributed by atoms with E-state index < -0.39 is 0 Å². The minimum atomic E-state index is -0.145. The molecule has 2 aromatic heterocycles. The van der Waals surface area contributed by atoms with Gasteiger partial charge in [0, 0.05) is 52.8 Å². The highest BCUT2D eigenvalue weighted by Gasteiger charge is 2.16. The number of hydrogen-bond donors (Lipinski definition) is 3. The van der Waals surface area contributed by atoms with E-state index in [4.69, 9.17) is 5.73 Å². The number of likely N-dealkylation sites (N-methyl/N-ethyl adjacent to an activating group) is 1. The zero-order valence-corrected chi connectivity index (χ0v) is 14.6. The standard InChI is InChI=1S/C19H18N4OS/c1-21-16(24)5-3-13-9-23-19(20)17-14(10-25-18(13)17)11-2-4-15-12(8-11)6-7-22-15/h2-5,8-10,22H,6-7H2,1H3,(H2,20,23)(H,21,24). The van der Waals surface area contributed by atoms with Gasteiger partial charge in [0.15, 0.2) is 0 Å². The number of amides is 1. The lowest BCUT2D eigenvalue weighted by Crippen LogP contribution is -2.13. The summed E-state index contributed by atoms with van der Waals surface area (Å²) >= 11 is 1.62. The quantitative estimate of drug-likeness (QED) is 0.633. The SMILES string of the molecule is CNC(=O)C=Cc1cnc(N)c2c(-c3ccc4c(c3)CCN4)csc12. The molecule has 0 saturated carbocycles. The first-order valence-electron chi connectivity index (χ1n) is 8.10. The molecule has 1 amide bonds. The van der Waals surface area contributed by atoms with E-state index in [9.17, 15) is 4.79 Å². The van der Waals surface area contributed by atoms with E-state index in [1.807, 2.05) is 0 Å². The lowest BCUT2D eigenvalue weighted by molar-refractivity contribution is -0.115. The first-order valence-corrected chi connectivity index (χ1v) is 8.98. The summed E-state index contributed by atoms with van der Waals surface area (Å²) in [5.41, 5.74) is 11.9. The molecule has 4 rings (SSSR count). The molecule has 0 bridgehead atoms. The number of nitrogens with one attached hydrogen (secondary N) is 2. The molecule has 25 heavy (non-hydrogen) atoms. The zero-order chi connectivity index (χ0) is 17.4. The number of aromatic nitrogens is 1. The van der Waals surface area contributed by atoms with Gasteiger partial charge in [-0.1, -0.05) is 6.07 Å². The van der Waals surface area contributed by atoms with Crippen LogP contribution in [-0.4, -0.2) is 24.5 Å². The Labute approximate surface area is 149 Å². The topological polar surface area (TPSA) is 80.0 Å². The fraction of sp³-hybridized carbons (Fsp3) is 0.158. The van der Waals surface area contributed by atoms with E-state index in [-0.39, 0.29) is 5.91 Å². The fourth-order valence-electron chi connectivity index (χ4n) is 3.14. The van der Waals surface area contributed by atoms with E-state index >= 15 is 0 Å². The molecular formula is C19H18N4OS. The van der Waals surface area contributed by atoms with Gasteiger partial charge in [0.1, 0.15) is 5.82 Å². The second-order valence-corrected chi connectivity index (χ2v) is 6.83. The minimum absolute atomic E-state index is 0.145. The molecule has 0 radical (unpaired) electrons. The Balaban J connectivity index is 1.84. The van der Waals surface area contributed by atoms with Gasteiger partial charge in [-0.15, -0.1) is 11.3 Å². The molecule has 1 aliphatic heterocycles. The number of nitrogens with two attached hydrogens (primary N) is 1. The third kappa shape index (κ3) is 2.74. The van der Waals surface area contributed by atoms with Gasteiger partial charge in [0.25, 0.3) is 0 Å². The maximum absolute atomic E-state index is 11.5. The van der Waals surface area contributed by atoms with Gasteiger partial charge in [-0.05, 0) is 41.1 Å². The van der Waals surface area contributed by atoms with Crippen LogP contribution in [0.1, 0.15) is 11.1 Å². The molecule has 0 fully saturated rings. The molecule has 0 atom stereocenters. The molecule has 0 aliphatic carbocycles. The molecule has 4 N–H and O–H groups in total. The third-order valence-corrected chi connectivity index (χ3v) is 5.47. The minimum Gasteiger partial charge on any atom is -0.384 e. The number of pyridine rings is 1. The van der Waals surface area contributed by atoms with Crippen LogP contribution in [0, 0.1) is 0 Å². The van der Waals surface area contributed by atoms with E-state index in [0.29, 0.717) is 5.82 Å². The van der Waals surface area contributed by atoms with Crippen LogP contribution in [-0.2, 0) is 11.2 Å². The van der Waals surface area contributed by atoms with Crippen molar-refractivity contribution in [1.29, 1.82) is 0 Å². The van der Waals surface area contributed by atoms with Crippen molar-refractivity contribution in [3.05, 3.63) is 47.0 Å². The summed E-state index contributed by atoms with van der Waals surface area (Å²) in [6.07, 6.45) is 6.04. The molecule has 1 aliphatic rings. The number of nitrogens with zero attached hydrogens (tertiary/aromatic N) is 1. The van der Waals surface area contributed by atoms with Gasteiger partial charge in [0.05, 0.1) is 0 Å². The van der Waals surface area contributed by atoms with Gasteiger partial charge in [-0.2, -0.15) is 0 Å². The number of rotatable bonds is 3. The Morgan fingerprint density at radius 3 is 3.16 bits per heavy atom. The first kappa shape index (κ1) is 15.7. The van der Waals surface area contributed by atoms with Crippen molar-refractivity contribution in [1.82, 2.24) is 10.3 Å². The van der Waals surface area contributed by atoms with E-state index in [2.05, 4.69) is 39.2 Å². The zero-order valence-electron chi connectivity index (χ0n) is 13.8.